The topological polar surface area (TPSA) is 74.8 Å². The van der Waals surface area contributed by atoms with Gasteiger partial charge in [-0.3, -0.25) is 4.79 Å². The second-order valence-corrected chi connectivity index (χ2v) is 3.98. The van der Waals surface area contributed by atoms with Gasteiger partial charge in [-0.05, 0) is 30.2 Å². The Morgan fingerprint density at radius 2 is 2.17 bits per heavy atom. The van der Waals surface area contributed by atoms with Crippen molar-refractivity contribution in [3.8, 4) is 0 Å². The summed E-state index contributed by atoms with van der Waals surface area (Å²) in [5, 5.41) is 13.1. The monoisotopic (exact) mass is 245 g/mol. The quantitative estimate of drug-likeness (QED) is 0.877. The lowest BCUT2D eigenvalue weighted by molar-refractivity contribution is 0.0740. The molecule has 0 saturated carbocycles. The number of nitrogens with zero attached hydrogens (tertiary/aromatic N) is 4. The van der Waals surface area contributed by atoms with Gasteiger partial charge in [0.2, 0.25) is 0 Å². The number of benzene rings is 1. The fraction of sp³-hybridized carbons (Fsp3) is 0.333. The molecule has 2 rings (SSSR count). The fourth-order valence-electron chi connectivity index (χ4n) is 1.71. The molecule has 0 radical (unpaired) electrons. The number of rotatable bonds is 4. The Balaban J connectivity index is 2.15. The molecule has 0 unspecified atom stereocenters. The Kier molecular flexibility index (Phi) is 3.66. The van der Waals surface area contributed by atoms with Crippen molar-refractivity contribution in [3.63, 3.8) is 0 Å². The predicted octanol–water partition coefficient (Wildman–Crippen LogP) is 1.17. The Bertz CT molecular complexity index is 523. The molecular weight excluding hydrogens is 230 g/mol. The molecule has 0 aliphatic rings. The summed E-state index contributed by atoms with van der Waals surface area (Å²) in [7, 11) is 0. The van der Waals surface area contributed by atoms with Gasteiger partial charge in [0, 0.05) is 13.1 Å². The van der Waals surface area contributed by atoms with Gasteiger partial charge in [0.25, 0.3) is 11.7 Å². The Hall–Kier alpha value is -2.24. The van der Waals surface area contributed by atoms with Crippen LogP contribution in [0.3, 0.4) is 0 Å². The van der Waals surface area contributed by atoms with E-state index in [0.717, 1.165) is 11.1 Å². The number of aromatic amines is 1. The van der Waals surface area contributed by atoms with Crippen molar-refractivity contribution in [1.82, 2.24) is 25.5 Å². The van der Waals surface area contributed by atoms with E-state index in [1.54, 1.807) is 4.90 Å². The summed E-state index contributed by atoms with van der Waals surface area (Å²) in [5.74, 6) is -0.111. The summed E-state index contributed by atoms with van der Waals surface area (Å²) >= 11 is 0. The maximum absolute atomic E-state index is 12.1. The van der Waals surface area contributed by atoms with Crippen molar-refractivity contribution < 1.29 is 4.79 Å². The van der Waals surface area contributed by atoms with Crippen LogP contribution in [0.2, 0.25) is 0 Å². The second kappa shape index (κ2) is 5.39. The zero-order chi connectivity index (χ0) is 13.0. The van der Waals surface area contributed by atoms with Crippen molar-refractivity contribution >= 4 is 5.91 Å². The van der Waals surface area contributed by atoms with E-state index in [9.17, 15) is 4.79 Å². The number of aromatic nitrogens is 4. The second-order valence-electron chi connectivity index (χ2n) is 3.98. The number of aryl methyl sites for hydroxylation is 1. The highest BCUT2D eigenvalue weighted by molar-refractivity contribution is 5.90. The Labute approximate surface area is 105 Å². The average molecular weight is 245 g/mol. The SMILES string of the molecule is CCN(Cc1ccccc1C)C(=O)c1nn[nH]n1. The first-order chi connectivity index (χ1) is 8.72. The highest BCUT2D eigenvalue weighted by atomic mass is 16.2. The van der Waals surface area contributed by atoms with Gasteiger partial charge in [0.05, 0.1) is 0 Å². The molecule has 0 saturated heterocycles. The standard InChI is InChI=1S/C12H15N5O/c1-3-17(12(18)11-13-15-16-14-11)8-10-7-5-4-6-9(10)2/h4-7H,3,8H2,1-2H3,(H,13,14,15,16). The molecule has 0 bridgehead atoms. The summed E-state index contributed by atoms with van der Waals surface area (Å²) in [6.45, 7) is 5.11. The maximum atomic E-state index is 12.1. The molecule has 0 aliphatic heterocycles. The third-order valence-electron chi connectivity index (χ3n) is 2.83. The van der Waals surface area contributed by atoms with Gasteiger partial charge in [-0.15, -0.1) is 10.2 Å². The van der Waals surface area contributed by atoms with E-state index in [2.05, 4.69) is 20.6 Å². The zero-order valence-electron chi connectivity index (χ0n) is 10.4. The van der Waals surface area contributed by atoms with Crippen LogP contribution < -0.4 is 0 Å². The fourth-order valence-corrected chi connectivity index (χ4v) is 1.71. The molecule has 0 fully saturated rings. The van der Waals surface area contributed by atoms with Crippen molar-refractivity contribution in [2.24, 2.45) is 0 Å². The van der Waals surface area contributed by atoms with Gasteiger partial charge in [0.15, 0.2) is 0 Å². The number of H-pyrrole nitrogens is 1. The molecule has 6 heteroatoms. The van der Waals surface area contributed by atoms with Gasteiger partial charge in [-0.1, -0.05) is 24.3 Å². The molecule has 0 atom stereocenters. The highest BCUT2D eigenvalue weighted by Crippen LogP contribution is 2.11. The van der Waals surface area contributed by atoms with Crippen LogP contribution >= 0.6 is 0 Å². The van der Waals surface area contributed by atoms with Gasteiger partial charge in [-0.25, -0.2) is 0 Å². The zero-order valence-corrected chi connectivity index (χ0v) is 10.4. The Morgan fingerprint density at radius 1 is 1.39 bits per heavy atom. The van der Waals surface area contributed by atoms with Crippen molar-refractivity contribution in [2.75, 3.05) is 6.54 Å². The Morgan fingerprint density at radius 3 is 2.78 bits per heavy atom. The van der Waals surface area contributed by atoms with Crippen LogP contribution in [-0.2, 0) is 6.54 Å². The van der Waals surface area contributed by atoms with Crippen LogP contribution in [0.15, 0.2) is 24.3 Å². The summed E-state index contributed by atoms with van der Waals surface area (Å²) in [5.41, 5.74) is 2.29. The van der Waals surface area contributed by atoms with E-state index in [1.807, 2.05) is 38.1 Å². The smallest absolute Gasteiger partial charge is 0.295 e. The van der Waals surface area contributed by atoms with Crippen LogP contribution in [0, 0.1) is 6.92 Å². The number of amides is 1. The molecule has 1 aromatic carbocycles. The third-order valence-corrected chi connectivity index (χ3v) is 2.83. The molecule has 18 heavy (non-hydrogen) atoms. The van der Waals surface area contributed by atoms with Crippen LogP contribution in [0.1, 0.15) is 28.7 Å². The first-order valence-corrected chi connectivity index (χ1v) is 5.79. The summed E-state index contributed by atoms with van der Waals surface area (Å²) in [4.78, 5) is 13.8. The maximum Gasteiger partial charge on any atom is 0.295 e. The van der Waals surface area contributed by atoms with E-state index in [4.69, 9.17) is 0 Å². The normalized spacial score (nSPS) is 10.3. The molecule has 0 aliphatic carbocycles. The molecule has 1 heterocycles. The number of hydrogen-bond donors (Lipinski definition) is 1. The van der Waals surface area contributed by atoms with Gasteiger partial charge >= 0.3 is 0 Å². The largest absolute Gasteiger partial charge is 0.332 e. The van der Waals surface area contributed by atoms with E-state index in [1.165, 1.54) is 0 Å². The molecule has 1 aromatic heterocycles. The average Bonchev–Trinajstić information content (AvgIpc) is 2.91. The summed E-state index contributed by atoms with van der Waals surface area (Å²) in [6.07, 6.45) is 0. The van der Waals surface area contributed by atoms with E-state index in [-0.39, 0.29) is 11.7 Å². The molecule has 6 nitrogen and oxygen atoms in total. The molecule has 0 spiro atoms. The third kappa shape index (κ3) is 2.53. The van der Waals surface area contributed by atoms with Crippen molar-refractivity contribution in [3.05, 3.63) is 41.2 Å². The van der Waals surface area contributed by atoms with E-state index < -0.39 is 0 Å². The molecule has 2 aromatic rings. The van der Waals surface area contributed by atoms with E-state index >= 15 is 0 Å². The van der Waals surface area contributed by atoms with E-state index in [0.29, 0.717) is 13.1 Å². The lowest BCUT2D eigenvalue weighted by Crippen LogP contribution is -2.31. The first-order valence-electron chi connectivity index (χ1n) is 5.79. The van der Waals surface area contributed by atoms with Gasteiger partial charge in [-0.2, -0.15) is 5.21 Å². The lowest BCUT2D eigenvalue weighted by Gasteiger charge is -2.20. The van der Waals surface area contributed by atoms with Crippen LogP contribution in [0.25, 0.3) is 0 Å². The lowest BCUT2D eigenvalue weighted by atomic mass is 10.1. The van der Waals surface area contributed by atoms with Crippen LogP contribution in [-0.4, -0.2) is 38.0 Å². The minimum Gasteiger partial charge on any atom is -0.332 e. The van der Waals surface area contributed by atoms with Crippen molar-refractivity contribution in [1.29, 1.82) is 0 Å². The minimum absolute atomic E-state index is 0.102. The predicted molar refractivity (Wildman–Crippen MR) is 65.8 cm³/mol. The highest BCUT2D eigenvalue weighted by Gasteiger charge is 2.18. The first kappa shape index (κ1) is 12.2. The van der Waals surface area contributed by atoms with Crippen LogP contribution in [0.4, 0.5) is 0 Å². The van der Waals surface area contributed by atoms with Gasteiger partial charge < -0.3 is 4.90 Å². The van der Waals surface area contributed by atoms with Crippen molar-refractivity contribution in [2.45, 2.75) is 20.4 Å². The number of tetrazole rings is 1. The number of nitrogens with one attached hydrogen (secondary N) is 1. The molecule has 94 valence electrons. The number of carbonyl (C=O) groups excluding carboxylic acids is 1. The number of carbonyl (C=O) groups is 1. The number of hydrogen-bond acceptors (Lipinski definition) is 4. The summed E-state index contributed by atoms with van der Waals surface area (Å²) in [6, 6.07) is 7.99. The summed E-state index contributed by atoms with van der Waals surface area (Å²) < 4.78 is 0. The minimum atomic E-state index is -0.213. The molecule has 1 N–H and O–H groups in total. The molecule has 1 amide bonds. The molecular formula is C12H15N5O. The van der Waals surface area contributed by atoms with Crippen LogP contribution in [0.5, 0.6) is 0 Å². The van der Waals surface area contributed by atoms with Gasteiger partial charge in [0.1, 0.15) is 0 Å².